The van der Waals surface area contributed by atoms with Crippen molar-refractivity contribution in [1.29, 1.82) is 0 Å². The molecule has 1 aromatic carbocycles. The number of benzene rings is 1. The first-order valence-electron chi connectivity index (χ1n) is 8.40. The maximum atomic E-state index is 11.9. The Morgan fingerprint density at radius 2 is 1.88 bits per heavy atom. The van der Waals surface area contributed by atoms with Crippen LogP contribution in [0.25, 0.3) is 0 Å². The molecule has 2 amide bonds. The number of nitrogens with one attached hydrogen (secondary N) is 2. The van der Waals surface area contributed by atoms with E-state index in [1.807, 2.05) is 6.07 Å². The van der Waals surface area contributed by atoms with Crippen molar-refractivity contribution >= 4 is 17.5 Å². The minimum Gasteiger partial charge on any atom is -0.494 e. The van der Waals surface area contributed by atoms with Crippen molar-refractivity contribution in [3.05, 3.63) is 54.4 Å². The molecule has 1 aromatic heterocycles. The zero-order valence-electron chi connectivity index (χ0n) is 14.3. The van der Waals surface area contributed by atoms with Crippen LogP contribution < -0.4 is 15.4 Å². The smallest absolute Gasteiger partial charge is 0.313 e. The number of rotatable bonds is 8. The van der Waals surface area contributed by atoms with Crippen molar-refractivity contribution in [2.24, 2.45) is 0 Å². The summed E-state index contributed by atoms with van der Waals surface area (Å²) in [6, 6.07) is 10.6. The van der Waals surface area contributed by atoms with E-state index in [4.69, 9.17) is 4.74 Å². The fourth-order valence-electron chi connectivity index (χ4n) is 2.13. The normalized spacial score (nSPS) is 10.1. The Morgan fingerprint density at radius 1 is 1.08 bits per heavy atom. The first kappa shape index (κ1) is 18.4. The average molecular weight is 341 g/mol. The summed E-state index contributed by atoms with van der Waals surface area (Å²) in [6.07, 6.45) is 6.60. The highest BCUT2D eigenvalue weighted by molar-refractivity contribution is 6.39. The molecule has 25 heavy (non-hydrogen) atoms. The van der Waals surface area contributed by atoms with E-state index < -0.39 is 11.8 Å². The number of nitrogens with zero attached hydrogens (tertiary/aromatic N) is 1. The van der Waals surface area contributed by atoms with Gasteiger partial charge in [0.05, 0.1) is 6.61 Å². The van der Waals surface area contributed by atoms with Gasteiger partial charge in [-0.3, -0.25) is 14.6 Å². The Hall–Kier alpha value is -2.89. The Bertz CT molecular complexity index is 672. The summed E-state index contributed by atoms with van der Waals surface area (Å²) in [6.45, 7) is 3.07. The minimum absolute atomic E-state index is 0.255. The molecule has 0 saturated heterocycles. The number of hydrogen-bond acceptors (Lipinski definition) is 4. The van der Waals surface area contributed by atoms with Gasteiger partial charge in [-0.1, -0.05) is 25.8 Å². The Labute approximate surface area is 147 Å². The van der Waals surface area contributed by atoms with E-state index in [0.717, 1.165) is 30.6 Å². The first-order valence-corrected chi connectivity index (χ1v) is 8.40. The third-order valence-electron chi connectivity index (χ3n) is 3.51. The Morgan fingerprint density at radius 3 is 2.56 bits per heavy atom. The highest BCUT2D eigenvalue weighted by Gasteiger charge is 2.13. The van der Waals surface area contributed by atoms with Gasteiger partial charge in [0.25, 0.3) is 0 Å². The van der Waals surface area contributed by atoms with Crippen LogP contribution >= 0.6 is 0 Å². The summed E-state index contributed by atoms with van der Waals surface area (Å²) >= 11 is 0. The van der Waals surface area contributed by atoms with Crippen LogP contribution in [0.2, 0.25) is 0 Å². The van der Waals surface area contributed by atoms with Gasteiger partial charge in [-0.25, -0.2) is 0 Å². The largest absolute Gasteiger partial charge is 0.494 e. The molecule has 2 rings (SSSR count). The molecular weight excluding hydrogens is 318 g/mol. The van der Waals surface area contributed by atoms with Crippen molar-refractivity contribution in [3.63, 3.8) is 0 Å². The second kappa shape index (κ2) is 10.1. The number of anilines is 1. The predicted molar refractivity (Wildman–Crippen MR) is 96.2 cm³/mol. The van der Waals surface area contributed by atoms with Gasteiger partial charge in [0.15, 0.2) is 0 Å². The number of carbonyl (C=O) groups excluding carboxylic acids is 2. The second-order valence-corrected chi connectivity index (χ2v) is 5.58. The minimum atomic E-state index is -0.708. The molecule has 132 valence electrons. The van der Waals surface area contributed by atoms with Crippen molar-refractivity contribution in [1.82, 2.24) is 10.3 Å². The highest BCUT2D eigenvalue weighted by atomic mass is 16.5. The monoisotopic (exact) mass is 341 g/mol. The number of carbonyl (C=O) groups is 2. The Kier molecular flexibility index (Phi) is 7.43. The molecule has 6 nitrogen and oxygen atoms in total. The van der Waals surface area contributed by atoms with E-state index >= 15 is 0 Å². The summed E-state index contributed by atoms with van der Waals surface area (Å²) in [5.74, 6) is -0.653. The van der Waals surface area contributed by atoms with E-state index in [0.29, 0.717) is 12.3 Å². The quantitative estimate of drug-likeness (QED) is 0.571. The lowest BCUT2D eigenvalue weighted by atomic mass is 10.2. The maximum absolute atomic E-state index is 11.9. The molecule has 0 aliphatic carbocycles. The van der Waals surface area contributed by atoms with Gasteiger partial charge >= 0.3 is 11.8 Å². The third-order valence-corrected chi connectivity index (χ3v) is 3.51. The molecule has 1 heterocycles. The van der Waals surface area contributed by atoms with Crippen LogP contribution in [0.1, 0.15) is 31.7 Å². The topological polar surface area (TPSA) is 80.3 Å². The van der Waals surface area contributed by atoms with Gasteiger partial charge in [0, 0.05) is 24.6 Å². The fourth-order valence-corrected chi connectivity index (χ4v) is 2.13. The summed E-state index contributed by atoms with van der Waals surface area (Å²) in [7, 11) is 0. The SMILES string of the molecule is CCCCCOc1ccc(NC(=O)C(=O)NCc2cccnc2)cc1. The fraction of sp³-hybridized carbons (Fsp3) is 0.316. The van der Waals surface area contributed by atoms with E-state index in [9.17, 15) is 9.59 Å². The molecule has 0 saturated carbocycles. The van der Waals surface area contributed by atoms with Crippen LogP contribution in [0.3, 0.4) is 0 Å². The zero-order chi connectivity index (χ0) is 17.9. The maximum Gasteiger partial charge on any atom is 0.313 e. The second-order valence-electron chi connectivity index (χ2n) is 5.58. The van der Waals surface area contributed by atoms with Crippen LogP contribution in [0.4, 0.5) is 5.69 Å². The van der Waals surface area contributed by atoms with Gasteiger partial charge in [0.2, 0.25) is 0 Å². The molecule has 6 heteroatoms. The van der Waals surface area contributed by atoms with Gasteiger partial charge in [0.1, 0.15) is 5.75 Å². The van der Waals surface area contributed by atoms with Crippen molar-refractivity contribution in [2.45, 2.75) is 32.7 Å². The number of aromatic nitrogens is 1. The molecule has 0 atom stereocenters. The first-order chi connectivity index (χ1) is 12.2. The molecule has 2 N–H and O–H groups in total. The van der Waals surface area contributed by atoms with Crippen LogP contribution in [0.15, 0.2) is 48.8 Å². The zero-order valence-corrected chi connectivity index (χ0v) is 14.3. The van der Waals surface area contributed by atoms with E-state index in [1.165, 1.54) is 0 Å². The van der Waals surface area contributed by atoms with Gasteiger partial charge in [-0.15, -0.1) is 0 Å². The van der Waals surface area contributed by atoms with Gasteiger partial charge in [-0.2, -0.15) is 0 Å². The number of unbranched alkanes of at least 4 members (excludes halogenated alkanes) is 2. The molecular formula is C19H23N3O3. The van der Waals surface area contributed by atoms with Crippen molar-refractivity contribution < 1.29 is 14.3 Å². The summed E-state index contributed by atoms with van der Waals surface area (Å²) in [4.78, 5) is 27.7. The lowest BCUT2D eigenvalue weighted by molar-refractivity contribution is -0.136. The molecule has 0 fully saturated rings. The van der Waals surface area contributed by atoms with E-state index in [-0.39, 0.29) is 6.54 Å². The predicted octanol–water partition coefficient (Wildman–Crippen LogP) is 2.91. The van der Waals surface area contributed by atoms with E-state index in [1.54, 1.807) is 42.7 Å². The van der Waals surface area contributed by atoms with Gasteiger partial charge in [-0.05, 0) is 42.3 Å². The summed E-state index contributed by atoms with van der Waals surface area (Å²) in [5.41, 5.74) is 1.37. The summed E-state index contributed by atoms with van der Waals surface area (Å²) in [5, 5.41) is 5.11. The molecule has 0 radical (unpaired) electrons. The standard InChI is InChI=1S/C19H23N3O3/c1-2-3-4-12-25-17-9-7-16(8-10-17)22-19(24)18(23)21-14-15-6-5-11-20-13-15/h5-11,13H,2-4,12,14H2,1H3,(H,21,23)(H,22,24). The van der Waals surface area contributed by atoms with Crippen molar-refractivity contribution in [3.8, 4) is 5.75 Å². The van der Waals surface area contributed by atoms with Crippen LogP contribution in [-0.4, -0.2) is 23.4 Å². The number of ether oxygens (including phenoxy) is 1. The van der Waals surface area contributed by atoms with Gasteiger partial charge < -0.3 is 15.4 Å². The van der Waals surface area contributed by atoms with Crippen LogP contribution in [0, 0.1) is 0 Å². The van der Waals surface area contributed by atoms with Crippen LogP contribution in [-0.2, 0) is 16.1 Å². The highest BCUT2D eigenvalue weighted by Crippen LogP contribution is 2.16. The molecule has 0 unspecified atom stereocenters. The third kappa shape index (κ3) is 6.63. The molecule has 0 bridgehead atoms. The number of pyridine rings is 1. The number of hydrogen-bond donors (Lipinski definition) is 2. The van der Waals surface area contributed by atoms with Crippen LogP contribution in [0.5, 0.6) is 5.75 Å². The lowest BCUT2D eigenvalue weighted by Crippen LogP contribution is -2.34. The van der Waals surface area contributed by atoms with Crippen molar-refractivity contribution in [2.75, 3.05) is 11.9 Å². The molecule has 2 aromatic rings. The number of amides is 2. The molecule has 0 aliphatic heterocycles. The Balaban J connectivity index is 1.76. The lowest BCUT2D eigenvalue weighted by Gasteiger charge is -2.08. The summed E-state index contributed by atoms with van der Waals surface area (Å²) < 4.78 is 5.61. The average Bonchev–Trinajstić information content (AvgIpc) is 2.65. The molecule has 0 spiro atoms. The molecule has 0 aliphatic rings. The van der Waals surface area contributed by atoms with E-state index in [2.05, 4.69) is 22.5 Å².